The minimum Gasteiger partial charge on any atom is -0.454 e. The van der Waals surface area contributed by atoms with Gasteiger partial charge in [0.1, 0.15) is 5.82 Å². The zero-order valence-corrected chi connectivity index (χ0v) is 16.1. The minimum atomic E-state index is -0.795. The van der Waals surface area contributed by atoms with Crippen molar-refractivity contribution >= 4 is 29.0 Å². The number of esters is 1. The number of carbonyl (C=O) groups excluding carboxylic acids is 3. The lowest BCUT2D eigenvalue weighted by Crippen LogP contribution is -2.21. The van der Waals surface area contributed by atoms with E-state index >= 15 is 0 Å². The van der Waals surface area contributed by atoms with E-state index in [4.69, 9.17) is 4.74 Å². The summed E-state index contributed by atoms with van der Waals surface area (Å²) in [4.78, 5) is 37.4. The first-order chi connectivity index (χ1) is 13.3. The van der Waals surface area contributed by atoms with Gasteiger partial charge < -0.3 is 15.0 Å². The average molecular weight is 386 g/mol. The molecule has 7 heteroatoms. The highest BCUT2D eigenvalue weighted by Gasteiger charge is 2.16. The number of hydrogen-bond donors (Lipinski definition) is 1. The Kier molecular flexibility index (Phi) is 7.26. The number of rotatable bonds is 8. The van der Waals surface area contributed by atoms with Crippen LogP contribution in [0.25, 0.3) is 0 Å². The van der Waals surface area contributed by atoms with Crippen LogP contribution in [0, 0.1) is 5.82 Å². The first-order valence-electron chi connectivity index (χ1n) is 8.98. The van der Waals surface area contributed by atoms with Gasteiger partial charge in [-0.1, -0.05) is 0 Å². The van der Waals surface area contributed by atoms with Gasteiger partial charge in [0.05, 0.1) is 11.1 Å². The molecule has 2 aromatic carbocycles. The zero-order chi connectivity index (χ0) is 20.7. The number of amides is 1. The Bertz CT molecular complexity index is 861. The molecule has 2 aromatic rings. The summed E-state index contributed by atoms with van der Waals surface area (Å²) in [6.07, 6.45) is 0. The van der Waals surface area contributed by atoms with Gasteiger partial charge in [0.25, 0.3) is 0 Å². The van der Waals surface area contributed by atoms with Gasteiger partial charge in [-0.15, -0.1) is 0 Å². The van der Waals surface area contributed by atoms with Crippen LogP contribution in [0.4, 0.5) is 15.8 Å². The van der Waals surface area contributed by atoms with E-state index in [-0.39, 0.29) is 17.2 Å². The summed E-state index contributed by atoms with van der Waals surface area (Å²) < 4.78 is 19.1. The highest BCUT2D eigenvalue weighted by Crippen LogP contribution is 2.17. The van der Waals surface area contributed by atoms with Crippen molar-refractivity contribution in [1.29, 1.82) is 0 Å². The Morgan fingerprint density at radius 3 is 2.21 bits per heavy atom. The van der Waals surface area contributed by atoms with Gasteiger partial charge in [0.15, 0.2) is 6.61 Å². The molecule has 1 amide bonds. The lowest BCUT2D eigenvalue weighted by molar-refractivity contribution is -0.114. The molecule has 28 heavy (non-hydrogen) atoms. The van der Waals surface area contributed by atoms with E-state index in [0.29, 0.717) is 5.56 Å². The predicted molar refractivity (Wildman–Crippen MR) is 105 cm³/mol. The maximum absolute atomic E-state index is 14.1. The predicted octanol–water partition coefficient (Wildman–Crippen LogP) is 3.67. The summed E-state index contributed by atoms with van der Waals surface area (Å²) in [6.45, 7) is 6.50. The lowest BCUT2D eigenvalue weighted by Gasteiger charge is -2.20. The number of anilines is 2. The monoisotopic (exact) mass is 386 g/mol. The van der Waals surface area contributed by atoms with Crippen molar-refractivity contribution in [3.05, 3.63) is 59.4 Å². The van der Waals surface area contributed by atoms with Crippen LogP contribution in [0.15, 0.2) is 42.5 Å². The molecular weight excluding hydrogens is 363 g/mol. The van der Waals surface area contributed by atoms with Crippen molar-refractivity contribution in [2.45, 2.75) is 20.8 Å². The highest BCUT2D eigenvalue weighted by molar-refractivity contribution is 6.00. The van der Waals surface area contributed by atoms with Crippen LogP contribution >= 0.6 is 0 Å². The van der Waals surface area contributed by atoms with Gasteiger partial charge in [-0.3, -0.25) is 9.59 Å². The smallest absolute Gasteiger partial charge is 0.338 e. The molecule has 0 atom stereocenters. The van der Waals surface area contributed by atoms with Crippen molar-refractivity contribution < 1.29 is 23.5 Å². The molecule has 0 radical (unpaired) electrons. The van der Waals surface area contributed by atoms with Gasteiger partial charge in [-0.25, -0.2) is 9.18 Å². The number of ether oxygens (including phenoxy) is 1. The Morgan fingerprint density at radius 2 is 1.68 bits per heavy atom. The third-order valence-electron chi connectivity index (χ3n) is 4.16. The molecule has 1 N–H and O–H groups in total. The van der Waals surface area contributed by atoms with E-state index in [1.807, 2.05) is 26.0 Å². The third kappa shape index (κ3) is 5.39. The van der Waals surface area contributed by atoms with Crippen LogP contribution in [0.5, 0.6) is 0 Å². The topological polar surface area (TPSA) is 75.7 Å². The number of ketones is 1. The van der Waals surface area contributed by atoms with Crippen LogP contribution in [0.3, 0.4) is 0 Å². The second kappa shape index (κ2) is 9.64. The molecule has 0 aromatic heterocycles. The average Bonchev–Trinajstić information content (AvgIpc) is 2.67. The summed E-state index contributed by atoms with van der Waals surface area (Å²) in [7, 11) is 0. The molecule has 2 rings (SSSR count). The molecule has 0 fully saturated rings. The summed E-state index contributed by atoms with van der Waals surface area (Å²) in [5, 5.41) is 2.43. The summed E-state index contributed by atoms with van der Waals surface area (Å²) >= 11 is 0. The molecule has 0 aliphatic carbocycles. The van der Waals surface area contributed by atoms with Crippen LogP contribution in [-0.2, 0) is 9.53 Å². The molecule has 6 nitrogen and oxygen atoms in total. The summed E-state index contributed by atoms with van der Waals surface area (Å²) in [5.74, 6) is -2.47. The second-order valence-electron chi connectivity index (χ2n) is 6.09. The van der Waals surface area contributed by atoms with Crippen molar-refractivity contribution in [2.75, 3.05) is 29.9 Å². The first kappa shape index (κ1) is 21.1. The fourth-order valence-electron chi connectivity index (χ4n) is 2.71. The maximum Gasteiger partial charge on any atom is 0.338 e. The highest BCUT2D eigenvalue weighted by atomic mass is 19.1. The molecule has 0 heterocycles. The molecule has 0 unspecified atom stereocenters. The van der Waals surface area contributed by atoms with Gasteiger partial charge in [-0.05, 0) is 56.3 Å². The van der Waals surface area contributed by atoms with E-state index in [1.54, 1.807) is 12.1 Å². The fraction of sp³-hybridized carbons (Fsp3) is 0.286. The first-order valence-corrected chi connectivity index (χ1v) is 8.98. The Hall–Kier alpha value is -3.22. The molecule has 0 spiro atoms. The maximum atomic E-state index is 14.1. The number of halogens is 1. The molecule has 0 saturated carbocycles. The van der Waals surface area contributed by atoms with Crippen molar-refractivity contribution in [1.82, 2.24) is 0 Å². The van der Waals surface area contributed by atoms with E-state index in [1.165, 1.54) is 19.1 Å². The number of nitrogens with zero attached hydrogens (tertiary/aromatic N) is 1. The van der Waals surface area contributed by atoms with Gasteiger partial charge >= 0.3 is 5.97 Å². The quantitative estimate of drug-likeness (QED) is 0.553. The molecule has 0 saturated heterocycles. The van der Waals surface area contributed by atoms with E-state index in [9.17, 15) is 18.8 Å². The molecule has 0 aliphatic rings. The number of nitrogens with one attached hydrogen (secondary N) is 1. The van der Waals surface area contributed by atoms with Gasteiger partial charge in [0, 0.05) is 31.4 Å². The normalized spacial score (nSPS) is 10.3. The zero-order valence-electron chi connectivity index (χ0n) is 16.1. The molecule has 148 valence electrons. The molecular formula is C21H23FN2O4. The van der Waals surface area contributed by atoms with Crippen LogP contribution < -0.4 is 10.2 Å². The standard InChI is InChI=1S/C21H23FN2O4/c1-4-24(5-2)17-9-6-15(7-10-17)21(27)28-13-20(26)18-11-8-16(12-19(18)22)23-14(3)25/h6-12H,4-5,13H2,1-3H3,(H,23,25). The number of hydrogen-bond acceptors (Lipinski definition) is 5. The Morgan fingerprint density at radius 1 is 1.04 bits per heavy atom. The second-order valence-corrected chi connectivity index (χ2v) is 6.09. The van der Waals surface area contributed by atoms with Crippen LogP contribution in [-0.4, -0.2) is 37.4 Å². The molecule has 0 aliphatic heterocycles. The van der Waals surface area contributed by atoms with E-state index < -0.39 is 24.2 Å². The largest absolute Gasteiger partial charge is 0.454 e. The minimum absolute atomic E-state index is 0.209. The number of benzene rings is 2. The summed E-state index contributed by atoms with van der Waals surface area (Å²) in [6, 6.07) is 10.6. The van der Waals surface area contributed by atoms with Gasteiger partial charge in [0.2, 0.25) is 11.7 Å². The number of carbonyl (C=O) groups is 3. The molecule has 0 bridgehead atoms. The SMILES string of the molecule is CCN(CC)c1ccc(C(=O)OCC(=O)c2ccc(NC(C)=O)cc2F)cc1. The summed E-state index contributed by atoms with van der Waals surface area (Å²) in [5.41, 5.74) is 1.33. The number of Topliss-reactive ketones (excluding diaryl/α,β-unsaturated/α-hetero) is 1. The van der Waals surface area contributed by atoms with Crippen LogP contribution in [0.2, 0.25) is 0 Å². The Balaban J connectivity index is 1.98. The Labute approximate surface area is 163 Å². The van der Waals surface area contributed by atoms with E-state index in [2.05, 4.69) is 10.2 Å². The van der Waals surface area contributed by atoms with Crippen molar-refractivity contribution in [2.24, 2.45) is 0 Å². The fourth-order valence-corrected chi connectivity index (χ4v) is 2.71. The lowest BCUT2D eigenvalue weighted by atomic mass is 10.1. The van der Waals surface area contributed by atoms with Crippen molar-refractivity contribution in [3.8, 4) is 0 Å². The van der Waals surface area contributed by atoms with E-state index in [0.717, 1.165) is 24.8 Å². The van der Waals surface area contributed by atoms with Crippen LogP contribution in [0.1, 0.15) is 41.5 Å². The third-order valence-corrected chi connectivity index (χ3v) is 4.16. The van der Waals surface area contributed by atoms with Crippen molar-refractivity contribution in [3.63, 3.8) is 0 Å². The van der Waals surface area contributed by atoms with Gasteiger partial charge in [-0.2, -0.15) is 0 Å².